The van der Waals surface area contributed by atoms with Gasteiger partial charge in [0.15, 0.2) is 15.3 Å². The van der Waals surface area contributed by atoms with Crippen LogP contribution in [0.2, 0.25) is 0 Å². The van der Waals surface area contributed by atoms with Crippen LogP contribution in [0.25, 0.3) is 0 Å². The van der Waals surface area contributed by atoms with Crippen LogP contribution in [0.1, 0.15) is 17.0 Å². The first-order valence-electron chi connectivity index (χ1n) is 5.65. The first-order valence-corrected chi connectivity index (χ1v) is 7.60. The van der Waals surface area contributed by atoms with Crippen LogP contribution < -0.4 is 0 Å². The molecule has 0 radical (unpaired) electrons. The Bertz CT molecular complexity index is 672. The maximum Gasteiger partial charge on any atom is 0.326 e. The third kappa shape index (κ3) is 1.90. The van der Waals surface area contributed by atoms with E-state index in [0.29, 0.717) is 5.56 Å². The van der Waals surface area contributed by atoms with Gasteiger partial charge in [-0.15, -0.1) is 0 Å². The summed E-state index contributed by atoms with van der Waals surface area (Å²) in [6, 6.07) is 8.60. The average molecular weight is 279 g/mol. The number of aryl methyl sites for hydroxylation is 1. The minimum atomic E-state index is -3.61. The molecule has 1 aliphatic rings. The van der Waals surface area contributed by atoms with Crippen molar-refractivity contribution in [3.05, 3.63) is 35.4 Å². The summed E-state index contributed by atoms with van der Waals surface area (Å²) in [7, 11) is -3.61. The second kappa shape index (κ2) is 4.07. The number of carboxylic acid groups (broad SMARTS) is 1. The van der Waals surface area contributed by atoms with Crippen LogP contribution in [0.15, 0.2) is 24.3 Å². The number of benzene rings is 1. The fourth-order valence-electron chi connectivity index (χ4n) is 2.59. The van der Waals surface area contributed by atoms with E-state index in [2.05, 4.69) is 0 Å². The number of carboxylic acids is 1. The third-order valence-corrected chi connectivity index (χ3v) is 5.14. The summed E-state index contributed by atoms with van der Waals surface area (Å²) >= 11 is 0. The van der Waals surface area contributed by atoms with Gasteiger partial charge < -0.3 is 5.11 Å². The molecule has 0 spiro atoms. The Morgan fingerprint density at radius 1 is 1.37 bits per heavy atom. The van der Waals surface area contributed by atoms with E-state index in [9.17, 15) is 18.3 Å². The molecule has 1 saturated carbocycles. The van der Waals surface area contributed by atoms with E-state index in [0.717, 1.165) is 11.8 Å². The van der Waals surface area contributed by atoms with Crippen molar-refractivity contribution in [3.8, 4) is 6.07 Å². The molecule has 0 aliphatic heterocycles. The molecule has 0 heterocycles. The predicted molar refractivity (Wildman–Crippen MR) is 68.2 cm³/mol. The Kier molecular flexibility index (Phi) is 2.90. The van der Waals surface area contributed by atoms with Crippen molar-refractivity contribution < 1.29 is 18.3 Å². The number of aliphatic carboxylic acids is 1. The lowest BCUT2D eigenvalue weighted by atomic mass is 10.00. The van der Waals surface area contributed by atoms with Crippen molar-refractivity contribution in [1.29, 1.82) is 5.26 Å². The van der Waals surface area contributed by atoms with Crippen molar-refractivity contribution in [2.75, 3.05) is 6.26 Å². The number of hydrogen-bond donors (Lipinski definition) is 1. The molecular weight excluding hydrogens is 266 g/mol. The Morgan fingerprint density at radius 2 is 1.89 bits per heavy atom. The lowest BCUT2D eigenvalue weighted by Gasteiger charge is -2.02. The number of nitriles is 1. The smallest absolute Gasteiger partial charge is 0.326 e. The average Bonchev–Trinajstić information content (AvgIpc) is 3.00. The molecule has 0 aromatic heterocycles. The van der Waals surface area contributed by atoms with Gasteiger partial charge in [-0.3, -0.25) is 4.79 Å². The Labute approximate surface area is 111 Å². The minimum absolute atomic E-state index is 0.574. The molecule has 2 rings (SSSR count). The summed E-state index contributed by atoms with van der Waals surface area (Å²) in [6.45, 7) is 1.87. The Hall–Kier alpha value is -1.87. The van der Waals surface area contributed by atoms with Crippen LogP contribution >= 0.6 is 0 Å². The molecular formula is C13H13NO4S. The topological polar surface area (TPSA) is 95.2 Å². The number of nitrogens with zero attached hydrogens (tertiary/aromatic N) is 1. The summed E-state index contributed by atoms with van der Waals surface area (Å²) in [5.41, 5.74) is -0.300. The van der Waals surface area contributed by atoms with Crippen LogP contribution in [0.4, 0.5) is 0 Å². The van der Waals surface area contributed by atoms with Crippen molar-refractivity contribution in [2.45, 2.75) is 18.1 Å². The summed E-state index contributed by atoms with van der Waals surface area (Å²) in [5.74, 6) is -2.18. The molecule has 1 fully saturated rings. The zero-order valence-corrected chi connectivity index (χ0v) is 11.3. The van der Waals surface area contributed by atoms with Crippen LogP contribution in [0.3, 0.4) is 0 Å². The SMILES string of the molecule is Cc1ccc([C@@H]2[C@@H](S(C)(=O)=O)[C@]2(C#N)C(=O)O)cc1. The third-order valence-electron chi connectivity index (χ3n) is 3.57. The molecule has 1 aromatic rings. The first-order chi connectivity index (χ1) is 8.75. The van der Waals surface area contributed by atoms with E-state index in [4.69, 9.17) is 5.26 Å². The fraction of sp³-hybridized carbons (Fsp3) is 0.385. The molecule has 0 unspecified atom stereocenters. The molecule has 1 N–H and O–H groups in total. The second-order valence-corrected chi connectivity index (χ2v) is 7.09. The number of sulfone groups is 1. The van der Waals surface area contributed by atoms with Crippen molar-refractivity contribution in [2.24, 2.45) is 5.41 Å². The van der Waals surface area contributed by atoms with Crippen LogP contribution in [0, 0.1) is 23.7 Å². The highest BCUT2D eigenvalue weighted by molar-refractivity contribution is 7.91. The highest BCUT2D eigenvalue weighted by atomic mass is 32.2. The molecule has 0 amide bonds. The number of rotatable bonds is 3. The predicted octanol–water partition coefficient (Wildman–Crippen LogP) is 1.10. The number of carbonyl (C=O) groups is 1. The van der Waals surface area contributed by atoms with E-state index in [1.54, 1.807) is 30.3 Å². The molecule has 19 heavy (non-hydrogen) atoms. The monoisotopic (exact) mass is 279 g/mol. The molecule has 0 saturated heterocycles. The van der Waals surface area contributed by atoms with Gasteiger partial charge >= 0.3 is 5.97 Å². The lowest BCUT2D eigenvalue weighted by molar-refractivity contribution is -0.141. The van der Waals surface area contributed by atoms with Gasteiger partial charge in [0, 0.05) is 12.2 Å². The summed E-state index contributed by atoms with van der Waals surface area (Å²) in [4.78, 5) is 11.3. The normalized spacial score (nSPS) is 29.5. The summed E-state index contributed by atoms with van der Waals surface area (Å²) in [6.07, 6.45) is 0.973. The summed E-state index contributed by atoms with van der Waals surface area (Å²) < 4.78 is 23.4. The standard InChI is InChI=1S/C13H13NO4S/c1-8-3-5-9(6-4-8)10-11(19(2,17)18)13(10,7-14)12(15)16/h3-6,10-11H,1-2H3,(H,15,16)/t10-,11-,13-/m1/s1. The lowest BCUT2D eigenvalue weighted by Crippen LogP contribution is -2.21. The molecule has 1 aliphatic carbocycles. The Balaban J connectivity index is 2.54. The van der Waals surface area contributed by atoms with Gasteiger partial charge in [0.25, 0.3) is 0 Å². The van der Waals surface area contributed by atoms with Crippen LogP contribution in [0.5, 0.6) is 0 Å². The van der Waals surface area contributed by atoms with Gasteiger partial charge in [-0.2, -0.15) is 5.26 Å². The van der Waals surface area contributed by atoms with Crippen molar-refractivity contribution in [1.82, 2.24) is 0 Å². The molecule has 0 bridgehead atoms. The van der Waals surface area contributed by atoms with E-state index < -0.39 is 32.4 Å². The van der Waals surface area contributed by atoms with Gasteiger partial charge in [0.05, 0.1) is 6.07 Å². The van der Waals surface area contributed by atoms with E-state index in [1.165, 1.54) is 0 Å². The van der Waals surface area contributed by atoms with E-state index >= 15 is 0 Å². The minimum Gasteiger partial charge on any atom is -0.480 e. The van der Waals surface area contributed by atoms with Gasteiger partial charge in [-0.1, -0.05) is 29.8 Å². The van der Waals surface area contributed by atoms with Crippen molar-refractivity contribution in [3.63, 3.8) is 0 Å². The number of hydrogen-bond acceptors (Lipinski definition) is 4. The maximum atomic E-state index is 11.7. The van der Waals surface area contributed by atoms with Crippen LogP contribution in [-0.2, 0) is 14.6 Å². The second-order valence-electron chi connectivity index (χ2n) is 4.92. The largest absolute Gasteiger partial charge is 0.480 e. The zero-order valence-electron chi connectivity index (χ0n) is 10.5. The quantitative estimate of drug-likeness (QED) is 0.893. The van der Waals surface area contributed by atoms with Gasteiger partial charge in [-0.05, 0) is 12.5 Å². The van der Waals surface area contributed by atoms with E-state index in [1.807, 2.05) is 6.92 Å². The zero-order chi connectivity index (χ0) is 14.4. The fourth-order valence-corrected chi connectivity index (χ4v) is 4.35. The van der Waals surface area contributed by atoms with Crippen LogP contribution in [-0.4, -0.2) is 31.0 Å². The summed E-state index contributed by atoms with van der Waals surface area (Å²) in [5, 5.41) is 17.2. The molecule has 3 atom stereocenters. The Morgan fingerprint density at radius 3 is 2.21 bits per heavy atom. The van der Waals surface area contributed by atoms with Gasteiger partial charge in [0.1, 0.15) is 5.25 Å². The van der Waals surface area contributed by atoms with Gasteiger partial charge in [-0.25, -0.2) is 8.42 Å². The molecule has 6 heteroatoms. The molecule has 1 aromatic carbocycles. The maximum absolute atomic E-state index is 11.7. The first kappa shape index (κ1) is 13.6. The highest BCUT2D eigenvalue weighted by Gasteiger charge is 2.76. The van der Waals surface area contributed by atoms with E-state index in [-0.39, 0.29) is 0 Å². The van der Waals surface area contributed by atoms with Gasteiger partial charge in [0.2, 0.25) is 0 Å². The molecule has 5 nitrogen and oxygen atoms in total. The molecule has 100 valence electrons. The highest BCUT2D eigenvalue weighted by Crippen LogP contribution is 2.62. The van der Waals surface area contributed by atoms with Crippen molar-refractivity contribution >= 4 is 15.8 Å².